The summed E-state index contributed by atoms with van der Waals surface area (Å²) in [6.07, 6.45) is 3.01. The molecule has 6 heteroatoms. The van der Waals surface area contributed by atoms with Crippen LogP contribution in [0.2, 0.25) is 0 Å². The van der Waals surface area contributed by atoms with E-state index >= 15 is 0 Å². The third-order valence-corrected chi connectivity index (χ3v) is 3.44. The van der Waals surface area contributed by atoms with E-state index in [1.807, 2.05) is 31.2 Å². The zero-order valence-electron chi connectivity index (χ0n) is 12.0. The van der Waals surface area contributed by atoms with Gasteiger partial charge in [0.25, 0.3) is 0 Å². The number of hydrogen-bond acceptors (Lipinski definition) is 5. The average molecular weight is 289 g/mol. The monoisotopic (exact) mass is 289 g/mol. The van der Waals surface area contributed by atoms with Crippen LogP contribution < -0.4 is 5.32 Å². The van der Waals surface area contributed by atoms with E-state index in [-0.39, 0.29) is 18.2 Å². The van der Waals surface area contributed by atoms with Crippen LogP contribution in [-0.4, -0.2) is 28.2 Å². The van der Waals surface area contributed by atoms with Crippen molar-refractivity contribution in [2.45, 2.75) is 19.8 Å². The van der Waals surface area contributed by atoms with Gasteiger partial charge >= 0.3 is 5.69 Å². The maximum atomic E-state index is 11.1. The number of aromatic nitrogens is 1. The summed E-state index contributed by atoms with van der Waals surface area (Å²) in [6.45, 7) is 2.77. The van der Waals surface area contributed by atoms with Crippen LogP contribution >= 0.6 is 0 Å². The summed E-state index contributed by atoms with van der Waals surface area (Å²) in [5, 5.41) is 24.0. The molecule has 0 aliphatic rings. The fourth-order valence-electron chi connectivity index (χ4n) is 2.21. The fourth-order valence-corrected chi connectivity index (χ4v) is 2.21. The van der Waals surface area contributed by atoms with Gasteiger partial charge in [-0.05, 0) is 24.8 Å². The Morgan fingerprint density at radius 3 is 2.90 bits per heavy atom. The molecule has 0 aliphatic heterocycles. The van der Waals surface area contributed by atoms with Gasteiger partial charge in [-0.1, -0.05) is 25.1 Å². The van der Waals surface area contributed by atoms with E-state index in [4.69, 9.17) is 5.11 Å². The van der Waals surface area contributed by atoms with E-state index in [0.29, 0.717) is 12.2 Å². The SMILES string of the molecule is CC(CO)CCCNc1c([N+](=O)[O-])cnc2ccccc12. The molecule has 1 aromatic heterocycles. The van der Waals surface area contributed by atoms with Gasteiger partial charge in [-0.2, -0.15) is 0 Å². The van der Waals surface area contributed by atoms with Crippen molar-refractivity contribution in [1.29, 1.82) is 0 Å². The van der Waals surface area contributed by atoms with Gasteiger partial charge in [-0.15, -0.1) is 0 Å². The lowest BCUT2D eigenvalue weighted by Crippen LogP contribution is -2.08. The van der Waals surface area contributed by atoms with E-state index in [1.54, 1.807) is 0 Å². The molecule has 6 nitrogen and oxygen atoms in total. The first kappa shape index (κ1) is 15.2. The van der Waals surface area contributed by atoms with E-state index in [9.17, 15) is 10.1 Å². The lowest BCUT2D eigenvalue weighted by molar-refractivity contribution is -0.384. The predicted octanol–water partition coefficient (Wildman–Crippen LogP) is 2.96. The second-order valence-electron chi connectivity index (χ2n) is 5.15. The van der Waals surface area contributed by atoms with Crippen LogP contribution in [-0.2, 0) is 0 Å². The number of aliphatic hydroxyl groups is 1. The van der Waals surface area contributed by atoms with Crippen molar-refractivity contribution in [3.63, 3.8) is 0 Å². The molecule has 1 aromatic carbocycles. The molecule has 2 rings (SSSR count). The van der Waals surface area contributed by atoms with Gasteiger partial charge in [0.05, 0.1) is 10.4 Å². The number of nitrogens with zero attached hydrogens (tertiary/aromatic N) is 2. The van der Waals surface area contributed by atoms with Crippen LogP contribution in [0.15, 0.2) is 30.5 Å². The first-order valence-electron chi connectivity index (χ1n) is 7.00. The smallest absolute Gasteiger partial charge is 0.311 e. The molecule has 2 aromatic rings. The van der Waals surface area contributed by atoms with Crippen LogP contribution in [0.4, 0.5) is 11.4 Å². The van der Waals surface area contributed by atoms with Crippen LogP contribution in [0.3, 0.4) is 0 Å². The predicted molar refractivity (Wildman–Crippen MR) is 82.4 cm³/mol. The topological polar surface area (TPSA) is 88.3 Å². The molecular formula is C15H19N3O3. The summed E-state index contributed by atoms with van der Waals surface area (Å²) in [4.78, 5) is 14.8. The van der Waals surface area contributed by atoms with E-state index < -0.39 is 4.92 Å². The van der Waals surface area contributed by atoms with Gasteiger partial charge in [0.1, 0.15) is 11.9 Å². The van der Waals surface area contributed by atoms with Gasteiger partial charge in [-0.3, -0.25) is 10.1 Å². The van der Waals surface area contributed by atoms with Gasteiger partial charge in [0.15, 0.2) is 0 Å². The normalized spacial score (nSPS) is 12.3. The number of nitro groups is 1. The molecule has 112 valence electrons. The molecule has 0 saturated heterocycles. The lowest BCUT2D eigenvalue weighted by atomic mass is 10.1. The summed E-state index contributed by atoms with van der Waals surface area (Å²) in [7, 11) is 0. The molecule has 0 radical (unpaired) electrons. The largest absolute Gasteiger partial charge is 0.396 e. The maximum Gasteiger partial charge on any atom is 0.311 e. The molecule has 1 heterocycles. The number of benzene rings is 1. The number of nitrogens with one attached hydrogen (secondary N) is 1. The molecule has 1 atom stereocenters. The number of aliphatic hydroxyl groups excluding tert-OH is 1. The first-order valence-corrected chi connectivity index (χ1v) is 7.00. The second kappa shape index (κ2) is 6.99. The van der Waals surface area contributed by atoms with Crippen LogP contribution in [0.25, 0.3) is 10.9 Å². The highest BCUT2D eigenvalue weighted by Crippen LogP contribution is 2.31. The Morgan fingerprint density at radius 1 is 1.43 bits per heavy atom. The number of pyridine rings is 1. The summed E-state index contributed by atoms with van der Waals surface area (Å²) >= 11 is 0. The molecule has 0 fully saturated rings. The minimum atomic E-state index is -0.419. The highest BCUT2D eigenvalue weighted by Gasteiger charge is 2.17. The Balaban J connectivity index is 2.19. The molecule has 21 heavy (non-hydrogen) atoms. The van der Waals surface area contributed by atoms with Crippen molar-refractivity contribution in [2.75, 3.05) is 18.5 Å². The minimum absolute atomic E-state index is 0.0103. The molecule has 0 saturated carbocycles. The van der Waals surface area contributed by atoms with Gasteiger partial charge < -0.3 is 10.4 Å². The Bertz CT molecular complexity index is 631. The number of para-hydroxylation sites is 1. The number of rotatable bonds is 7. The lowest BCUT2D eigenvalue weighted by Gasteiger charge is -2.11. The number of hydrogen-bond donors (Lipinski definition) is 2. The van der Waals surface area contributed by atoms with E-state index in [2.05, 4.69) is 10.3 Å². The summed E-state index contributed by atoms with van der Waals surface area (Å²) < 4.78 is 0. The minimum Gasteiger partial charge on any atom is -0.396 e. The third-order valence-electron chi connectivity index (χ3n) is 3.44. The number of fused-ring (bicyclic) bond motifs is 1. The van der Waals surface area contributed by atoms with Gasteiger partial charge in [-0.25, -0.2) is 4.98 Å². The summed E-state index contributed by atoms with van der Waals surface area (Å²) in [5.41, 5.74) is 1.24. The van der Waals surface area contributed by atoms with E-state index in [0.717, 1.165) is 23.7 Å². The molecule has 0 aliphatic carbocycles. The maximum absolute atomic E-state index is 11.1. The fraction of sp³-hybridized carbons (Fsp3) is 0.400. The van der Waals surface area contributed by atoms with Crippen molar-refractivity contribution >= 4 is 22.3 Å². The van der Waals surface area contributed by atoms with E-state index in [1.165, 1.54) is 6.20 Å². The highest BCUT2D eigenvalue weighted by atomic mass is 16.6. The molecule has 0 spiro atoms. The average Bonchev–Trinajstić information content (AvgIpc) is 2.50. The van der Waals surface area contributed by atoms with Crippen LogP contribution in [0.1, 0.15) is 19.8 Å². The Kier molecular flexibility index (Phi) is 5.05. The Labute approximate surface area is 123 Å². The Morgan fingerprint density at radius 2 is 2.19 bits per heavy atom. The van der Waals surface area contributed by atoms with Crippen LogP contribution in [0.5, 0.6) is 0 Å². The molecule has 2 N–H and O–H groups in total. The highest BCUT2D eigenvalue weighted by molar-refractivity contribution is 5.95. The molecule has 0 amide bonds. The molecular weight excluding hydrogens is 270 g/mol. The van der Waals surface area contributed by atoms with Crippen molar-refractivity contribution in [3.05, 3.63) is 40.6 Å². The zero-order chi connectivity index (χ0) is 15.2. The second-order valence-corrected chi connectivity index (χ2v) is 5.15. The third kappa shape index (κ3) is 3.66. The Hall–Kier alpha value is -2.21. The van der Waals surface area contributed by atoms with Gasteiger partial charge in [0.2, 0.25) is 0 Å². The first-order chi connectivity index (χ1) is 10.1. The zero-order valence-corrected chi connectivity index (χ0v) is 12.0. The van der Waals surface area contributed by atoms with Crippen LogP contribution in [0, 0.1) is 16.0 Å². The molecule has 0 bridgehead atoms. The summed E-state index contributed by atoms with van der Waals surface area (Å²) in [5.74, 6) is 0.246. The van der Waals surface area contributed by atoms with Crippen molar-refractivity contribution in [2.24, 2.45) is 5.92 Å². The van der Waals surface area contributed by atoms with Crippen molar-refractivity contribution in [3.8, 4) is 0 Å². The standard InChI is InChI=1S/C15H19N3O3/c1-11(10-19)5-4-8-16-15-12-6-2-3-7-13(12)17-9-14(15)18(20)21/h2-3,6-7,9,11,19H,4-5,8,10H2,1H3,(H,16,17). The van der Waals surface area contributed by atoms with Crippen molar-refractivity contribution in [1.82, 2.24) is 4.98 Å². The van der Waals surface area contributed by atoms with Gasteiger partial charge in [0, 0.05) is 18.5 Å². The quantitative estimate of drug-likeness (QED) is 0.465. The number of anilines is 1. The summed E-state index contributed by atoms with van der Waals surface area (Å²) in [6, 6.07) is 7.35. The molecule has 1 unspecified atom stereocenters. The van der Waals surface area contributed by atoms with Crippen molar-refractivity contribution < 1.29 is 10.0 Å².